The number of hydrogen-bond donors (Lipinski definition) is 3. The molecule has 6 heteroatoms. The molecule has 0 aliphatic carbocycles. The Bertz CT molecular complexity index is 447. The van der Waals surface area contributed by atoms with Crippen LogP contribution < -0.4 is 14.8 Å². The summed E-state index contributed by atoms with van der Waals surface area (Å²) in [6.07, 6.45) is -1.26. The molecular formula is C13H19NO5. The highest BCUT2D eigenvalue weighted by Gasteiger charge is 2.13. The summed E-state index contributed by atoms with van der Waals surface area (Å²) < 4.78 is 10.5. The van der Waals surface area contributed by atoms with Crippen molar-refractivity contribution in [1.82, 2.24) is 0 Å². The van der Waals surface area contributed by atoms with Crippen LogP contribution in [-0.4, -0.2) is 43.1 Å². The number of aliphatic hydroxyl groups is 1. The van der Waals surface area contributed by atoms with Crippen LogP contribution in [0.1, 0.15) is 12.0 Å². The Balaban J connectivity index is 2.78. The van der Waals surface area contributed by atoms with Gasteiger partial charge in [0.2, 0.25) is 0 Å². The quantitative estimate of drug-likeness (QED) is 0.690. The molecular weight excluding hydrogens is 250 g/mol. The van der Waals surface area contributed by atoms with E-state index in [9.17, 15) is 9.90 Å². The van der Waals surface area contributed by atoms with Gasteiger partial charge in [0.1, 0.15) is 11.5 Å². The van der Waals surface area contributed by atoms with Crippen LogP contribution in [0.25, 0.3) is 0 Å². The molecule has 0 fully saturated rings. The minimum atomic E-state index is -1.04. The topological polar surface area (TPSA) is 88.0 Å². The van der Waals surface area contributed by atoms with Crippen LogP contribution in [-0.2, 0) is 4.79 Å². The molecule has 106 valence electrons. The Morgan fingerprint density at radius 1 is 1.37 bits per heavy atom. The van der Waals surface area contributed by atoms with Gasteiger partial charge in [0.05, 0.1) is 32.4 Å². The predicted octanol–water partition coefficient (Wildman–Crippen LogP) is 1.26. The maximum atomic E-state index is 10.5. The molecule has 0 spiro atoms. The summed E-state index contributed by atoms with van der Waals surface area (Å²) in [5, 5.41) is 21.0. The van der Waals surface area contributed by atoms with Crippen molar-refractivity contribution in [1.29, 1.82) is 0 Å². The van der Waals surface area contributed by atoms with Gasteiger partial charge in [0, 0.05) is 12.1 Å². The molecule has 0 amide bonds. The van der Waals surface area contributed by atoms with Gasteiger partial charge >= 0.3 is 5.97 Å². The minimum Gasteiger partial charge on any atom is -0.496 e. The lowest BCUT2D eigenvalue weighted by Gasteiger charge is -2.17. The maximum absolute atomic E-state index is 10.5. The fraction of sp³-hybridized carbons (Fsp3) is 0.462. The number of carbonyl (C=O) groups is 1. The van der Waals surface area contributed by atoms with Gasteiger partial charge < -0.3 is 25.0 Å². The van der Waals surface area contributed by atoms with Crippen molar-refractivity contribution in [3.8, 4) is 11.5 Å². The van der Waals surface area contributed by atoms with Crippen LogP contribution in [0.4, 0.5) is 5.69 Å². The highest BCUT2D eigenvalue weighted by molar-refractivity contribution is 5.68. The van der Waals surface area contributed by atoms with Gasteiger partial charge in [0.15, 0.2) is 0 Å². The Labute approximate surface area is 112 Å². The minimum absolute atomic E-state index is 0.133. The molecule has 0 radical (unpaired) electrons. The lowest BCUT2D eigenvalue weighted by Crippen LogP contribution is -2.22. The average Bonchev–Trinajstić information content (AvgIpc) is 2.35. The normalized spacial score (nSPS) is 11.8. The van der Waals surface area contributed by atoms with Crippen molar-refractivity contribution in [2.45, 2.75) is 19.4 Å². The highest BCUT2D eigenvalue weighted by Crippen LogP contribution is 2.34. The fourth-order valence-corrected chi connectivity index (χ4v) is 1.80. The molecule has 6 nitrogen and oxygen atoms in total. The first kappa shape index (κ1) is 15.1. The molecule has 1 aromatic rings. The molecule has 3 N–H and O–H groups in total. The number of hydrogen-bond acceptors (Lipinski definition) is 5. The standard InChI is InChI=1S/C13H19NO5/c1-8-11(18-2)5-4-10(13(8)19-3)14-7-9(15)6-12(16)17/h4-5,9,14-15H,6-7H2,1-3H3,(H,16,17). The van der Waals surface area contributed by atoms with Gasteiger partial charge in [-0.3, -0.25) is 4.79 Å². The van der Waals surface area contributed by atoms with Crippen LogP contribution in [0.15, 0.2) is 12.1 Å². The fourth-order valence-electron chi connectivity index (χ4n) is 1.80. The largest absolute Gasteiger partial charge is 0.496 e. The summed E-state index contributed by atoms with van der Waals surface area (Å²) in [5.41, 5.74) is 1.52. The number of aliphatic carboxylic acids is 1. The summed E-state index contributed by atoms with van der Waals surface area (Å²) in [4.78, 5) is 10.5. The number of carboxylic acid groups (broad SMARTS) is 1. The summed E-state index contributed by atoms with van der Waals surface area (Å²) in [6.45, 7) is 1.99. The van der Waals surface area contributed by atoms with Crippen molar-refractivity contribution >= 4 is 11.7 Å². The first-order valence-electron chi connectivity index (χ1n) is 5.84. The molecule has 1 aromatic carbocycles. The zero-order valence-corrected chi connectivity index (χ0v) is 11.3. The van der Waals surface area contributed by atoms with E-state index in [0.29, 0.717) is 17.2 Å². The molecule has 0 heterocycles. The molecule has 1 rings (SSSR count). The molecule has 0 bridgehead atoms. The van der Waals surface area contributed by atoms with Crippen LogP contribution >= 0.6 is 0 Å². The molecule has 1 unspecified atom stereocenters. The lowest BCUT2D eigenvalue weighted by atomic mass is 10.1. The molecule has 0 aliphatic rings. The van der Waals surface area contributed by atoms with Crippen molar-refractivity contribution in [3.05, 3.63) is 17.7 Å². The summed E-state index contributed by atoms with van der Waals surface area (Å²) in [6, 6.07) is 3.54. The zero-order valence-electron chi connectivity index (χ0n) is 11.3. The van der Waals surface area contributed by atoms with E-state index in [0.717, 1.165) is 5.56 Å². The van der Waals surface area contributed by atoms with E-state index in [4.69, 9.17) is 14.6 Å². The number of rotatable bonds is 7. The van der Waals surface area contributed by atoms with Gasteiger partial charge in [-0.1, -0.05) is 0 Å². The number of methoxy groups -OCH3 is 2. The monoisotopic (exact) mass is 269 g/mol. The third-order valence-corrected chi connectivity index (χ3v) is 2.72. The number of ether oxygens (including phenoxy) is 2. The molecule has 19 heavy (non-hydrogen) atoms. The van der Waals surface area contributed by atoms with Gasteiger partial charge in [-0.15, -0.1) is 0 Å². The van der Waals surface area contributed by atoms with E-state index in [1.165, 1.54) is 0 Å². The van der Waals surface area contributed by atoms with E-state index >= 15 is 0 Å². The third-order valence-electron chi connectivity index (χ3n) is 2.72. The van der Waals surface area contributed by atoms with Crippen molar-refractivity contribution in [3.63, 3.8) is 0 Å². The van der Waals surface area contributed by atoms with E-state index in [2.05, 4.69) is 5.32 Å². The molecule has 1 atom stereocenters. The van der Waals surface area contributed by atoms with Crippen LogP contribution in [0, 0.1) is 6.92 Å². The van der Waals surface area contributed by atoms with Crippen LogP contribution in [0.2, 0.25) is 0 Å². The molecule has 0 saturated carbocycles. The third kappa shape index (κ3) is 4.03. The number of aliphatic hydroxyl groups excluding tert-OH is 1. The van der Waals surface area contributed by atoms with E-state index in [1.807, 2.05) is 6.92 Å². The Morgan fingerprint density at radius 2 is 2.05 bits per heavy atom. The summed E-state index contributed by atoms with van der Waals surface area (Å²) in [5.74, 6) is 0.280. The van der Waals surface area contributed by atoms with Crippen molar-refractivity contribution in [2.75, 3.05) is 26.1 Å². The number of carboxylic acids is 1. The second kappa shape index (κ2) is 6.84. The first-order chi connectivity index (χ1) is 8.99. The smallest absolute Gasteiger partial charge is 0.306 e. The van der Waals surface area contributed by atoms with Gasteiger partial charge in [-0.25, -0.2) is 0 Å². The van der Waals surface area contributed by atoms with Crippen molar-refractivity contribution < 1.29 is 24.5 Å². The zero-order chi connectivity index (χ0) is 14.4. The SMILES string of the molecule is COc1ccc(NCC(O)CC(=O)O)c(OC)c1C. The molecule has 0 aromatic heterocycles. The van der Waals surface area contributed by atoms with Crippen LogP contribution in [0.5, 0.6) is 11.5 Å². The van der Waals surface area contributed by atoms with Gasteiger partial charge in [0.25, 0.3) is 0 Å². The number of benzene rings is 1. The summed E-state index contributed by atoms with van der Waals surface area (Å²) in [7, 11) is 3.12. The van der Waals surface area contributed by atoms with Crippen LogP contribution in [0.3, 0.4) is 0 Å². The Kier molecular flexibility index (Phi) is 5.44. The average molecular weight is 269 g/mol. The second-order valence-corrected chi connectivity index (χ2v) is 4.11. The molecule has 0 saturated heterocycles. The van der Waals surface area contributed by atoms with E-state index in [-0.39, 0.29) is 13.0 Å². The van der Waals surface area contributed by atoms with Crippen molar-refractivity contribution in [2.24, 2.45) is 0 Å². The maximum Gasteiger partial charge on any atom is 0.306 e. The number of nitrogens with one attached hydrogen (secondary N) is 1. The predicted molar refractivity (Wildman–Crippen MR) is 71.0 cm³/mol. The highest BCUT2D eigenvalue weighted by atomic mass is 16.5. The Morgan fingerprint density at radius 3 is 2.58 bits per heavy atom. The first-order valence-corrected chi connectivity index (χ1v) is 5.84. The van der Waals surface area contributed by atoms with Gasteiger partial charge in [-0.2, -0.15) is 0 Å². The second-order valence-electron chi connectivity index (χ2n) is 4.11. The molecule has 0 aliphatic heterocycles. The van der Waals surface area contributed by atoms with E-state index < -0.39 is 12.1 Å². The lowest BCUT2D eigenvalue weighted by molar-refractivity contribution is -0.138. The van der Waals surface area contributed by atoms with Gasteiger partial charge in [-0.05, 0) is 19.1 Å². The van der Waals surface area contributed by atoms with E-state index in [1.54, 1.807) is 26.4 Å². The Hall–Kier alpha value is -1.95. The number of anilines is 1. The summed E-state index contributed by atoms with van der Waals surface area (Å²) >= 11 is 0.